The monoisotopic (exact) mass is 431 g/mol. The quantitative estimate of drug-likeness (QED) is 0.338. The van der Waals surface area contributed by atoms with Crippen LogP contribution in [0.4, 0.5) is 8.78 Å². The molecule has 0 saturated carbocycles. The van der Waals surface area contributed by atoms with E-state index in [-0.39, 0.29) is 16.2 Å². The molecule has 3 rings (SSSR count). The molecule has 0 spiro atoms. The van der Waals surface area contributed by atoms with Crippen LogP contribution in [0.5, 0.6) is 0 Å². The Bertz CT molecular complexity index is 929. The summed E-state index contributed by atoms with van der Waals surface area (Å²) in [5, 5.41) is 7.95. The van der Waals surface area contributed by atoms with Gasteiger partial charge in [0.2, 0.25) is 0 Å². The Labute approximate surface area is 179 Å². The first-order valence-corrected chi connectivity index (χ1v) is 10.5. The molecule has 0 radical (unpaired) electrons. The summed E-state index contributed by atoms with van der Waals surface area (Å²) >= 11 is 1.32. The van der Waals surface area contributed by atoms with Crippen LogP contribution in [0.3, 0.4) is 0 Å². The lowest BCUT2D eigenvalue weighted by molar-refractivity contribution is 0.00578. The van der Waals surface area contributed by atoms with Gasteiger partial charge in [0, 0.05) is 11.3 Å². The van der Waals surface area contributed by atoms with Crippen molar-refractivity contribution in [2.45, 2.75) is 44.6 Å². The van der Waals surface area contributed by atoms with E-state index in [4.69, 9.17) is 15.0 Å². The van der Waals surface area contributed by atoms with Crippen molar-refractivity contribution in [1.29, 1.82) is 0 Å². The molecule has 2 aromatic carbocycles. The highest BCUT2D eigenvalue weighted by molar-refractivity contribution is 8.13. The van der Waals surface area contributed by atoms with Crippen LogP contribution in [0.25, 0.3) is 0 Å². The van der Waals surface area contributed by atoms with Crippen LogP contribution in [-0.2, 0) is 15.1 Å². The first kappa shape index (κ1) is 22.5. The van der Waals surface area contributed by atoms with E-state index in [2.05, 4.69) is 10.2 Å². The number of benzene rings is 2. The van der Waals surface area contributed by atoms with Crippen molar-refractivity contribution >= 4 is 35.7 Å². The van der Waals surface area contributed by atoms with Crippen LogP contribution in [0, 0.1) is 11.6 Å². The third-order valence-corrected chi connectivity index (χ3v) is 6.04. The van der Waals surface area contributed by atoms with Crippen LogP contribution in [0.15, 0.2) is 52.7 Å². The van der Waals surface area contributed by atoms with Crippen LogP contribution in [0.2, 0.25) is 0 Å². The first-order chi connectivity index (χ1) is 14.1. The minimum absolute atomic E-state index is 0.217. The normalized spacial score (nSPS) is 18.3. The summed E-state index contributed by atoms with van der Waals surface area (Å²) in [6, 6.07) is 12.1. The summed E-state index contributed by atoms with van der Waals surface area (Å²) in [7, 11) is -1.12. The molecule has 30 heavy (non-hydrogen) atoms. The Balaban J connectivity index is 1.68. The highest BCUT2D eigenvalue weighted by atomic mass is 32.2. The molecule has 1 aliphatic rings. The van der Waals surface area contributed by atoms with Crippen molar-refractivity contribution in [2.75, 3.05) is 0 Å². The molecule has 158 valence electrons. The van der Waals surface area contributed by atoms with Crippen molar-refractivity contribution in [3.8, 4) is 0 Å². The largest absolute Gasteiger partial charge is 0.500 e. The zero-order chi connectivity index (χ0) is 21.9. The number of hydrogen-bond acceptors (Lipinski definition) is 5. The van der Waals surface area contributed by atoms with E-state index < -0.39 is 30.0 Å². The second-order valence-corrected chi connectivity index (χ2v) is 8.94. The molecular weight excluding hydrogens is 407 g/mol. The summed E-state index contributed by atoms with van der Waals surface area (Å²) in [6.07, 6.45) is 1.25. The number of halogens is 2. The average molecular weight is 431 g/mol. The fourth-order valence-corrected chi connectivity index (χ4v) is 3.39. The Morgan fingerprint density at radius 2 is 1.63 bits per heavy atom. The van der Waals surface area contributed by atoms with Crippen molar-refractivity contribution in [3.63, 3.8) is 0 Å². The third-order valence-electron chi connectivity index (χ3n) is 5.18. The molecule has 1 saturated heterocycles. The van der Waals surface area contributed by atoms with E-state index in [9.17, 15) is 8.78 Å². The minimum atomic E-state index is -1.12. The molecular formula is C21H24BF2N3O2S. The van der Waals surface area contributed by atoms with Gasteiger partial charge in [0.25, 0.3) is 0 Å². The van der Waals surface area contributed by atoms with Crippen LogP contribution in [0.1, 0.15) is 38.8 Å². The molecule has 2 N–H and O–H groups in total. The Kier molecular flexibility index (Phi) is 6.64. The highest BCUT2D eigenvalue weighted by Crippen LogP contribution is 2.36. The number of thioether (sulfide) groups is 1. The highest BCUT2D eigenvalue weighted by Gasteiger charge is 2.53. The summed E-state index contributed by atoms with van der Waals surface area (Å²) in [4.78, 5) is 0. The van der Waals surface area contributed by atoms with Gasteiger partial charge in [-0.2, -0.15) is 5.10 Å². The lowest BCUT2D eigenvalue weighted by Crippen LogP contribution is -2.41. The molecule has 2 aromatic rings. The molecule has 0 atom stereocenters. The maximum absolute atomic E-state index is 14.6. The van der Waals surface area contributed by atoms with Gasteiger partial charge in [-0.05, 0) is 45.4 Å². The van der Waals surface area contributed by atoms with Crippen molar-refractivity contribution < 1.29 is 18.1 Å². The summed E-state index contributed by atoms with van der Waals surface area (Å²) in [6.45, 7) is 7.29. The van der Waals surface area contributed by atoms with Gasteiger partial charge in [0.1, 0.15) is 11.6 Å². The Morgan fingerprint density at radius 3 is 2.20 bits per heavy atom. The second-order valence-electron chi connectivity index (χ2n) is 7.94. The lowest BCUT2D eigenvalue weighted by Gasteiger charge is -2.32. The molecule has 9 heteroatoms. The summed E-state index contributed by atoms with van der Waals surface area (Å²) in [5.41, 5.74) is 5.50. The zero-order valence-electron chi connectivity index (χ0n) is 17.4. The van der Waals surface area contributed by atoms with Crippen LogP contribution in [-0.4, -0.2) is 29.7 Å². The van der Waals surface area contributed by atoms with E-state index in [1.54, 1.807) is 0 Å². The molecule has 0 unspecified atom stereocenters. The van der Waals surface area contributed by atoms with Crippen molar-refractivity contribution in [1.82, 2.24) is 0 Å². The van der Waals surface area contributed by atoms with E-state index in [0.29, 0.717) is 5.75 Å². The van der Waals surface area contributed by atoms with Crippen molar-refractivity contribution in [2.24, 2.45) is 15.9 Å². The van der Waals surface area contributed by atoms with E-state index >= 15 is 0 Å². The Morgan fingerprint density at radius 1 is 1.07 bits per heavy atom. The van der Waals surface area contributed by atoms with Gasteiger partial charge in [-0.3, -0.25) is 0 Å². The minimum Gasteiger partial charge on any atom is -0.399 e. The average Bonchev–Trinajstić information content (AvgIpc) is 2.87. The number of amidine groups is 1. The summed E-state index contributed by atoms with van der Waals surface area (Å²) in [5.74, 6) is -0.895. The van der Waals surface area contributed by atoms with Gasteiger partial charge in [-0.15, -0.1) is 5.10 Å². The fourth-order valence-electron chi connectivity index (χ4n) is 2.78. The molecule has 0 aromatic heterocycles. The van der Waals surface area contributed by atoms with Crippen LogP contribution >= 0.6 is 11.8 Å². The SMILES string of the molecule is CC1(C)OB(c2c(F)cc(C=NN=C(N)SCc3ccccc3)cc2F)OC1(C)C. The smallest absolute Gasteiger partial charge is 0.399 e. The van der Waals surface area contributed by atoms with Crippen LogP contribution < -0.4 is 11.2 Å². The number of rotatable bonds is 5. The van der Waals surface area contributed by atoms with E-state index in [0.717, 1.165) is 17.7 Å². The zero-order valence-corrected chi connectivity index (χ0v) is 18.2. The topological polar surface area (TPSA) is 69.2 Å². The predicted octanol–water partition coefficient (Wildman–Crippen LogP) is 3.85. The number of nitrogens with zero attached hydrogens (tertiary/aromatic N) is 2. The Hall–Kier alpha value is -2.23. The molecule has 1 fully saturated rings. The van der Waals surface area contributed by atoms with Gasteiger partial charge in [0.15, 0.2) is 5.17 Å². The van der Waals surface area contributed by atoms with Gasteiger partial charge < -0.3 is 15.0 Å². The third kappa shape index (κ3) is 5.09. The van der Waals surface area contributed by atoms with E-state index in [1.807, 2.05) is 58.0 Å². The molecule has 0 aliphatic carbocycles. The van der Waals surface area contributed by atoms with E-state index in [1.165, 1.54) is 18.0 Å². The van der Waals surface area contributed by atoms with Gasteiger partial charge in [0.05, 0.1) is 22.9 Å². The standard InChI is InChI=1S/C21H24BF2N3O2S/c1-20(2)21(3,4)29-22(28-20)18-16(23)10-15(11-17(18)24)12-26-27-19(25)30-13-14-8-6-5-7-9-14/h5-12H,13H2,1-4H3,(H2,25,27). The predicted molar refractivity (Wildman–Crippen MR) is 119 cm³/mol. The molecule has 1 aliphatic heterocycles. The second kappa shape index (κ2) is 8.87. The number of nitrogens with two attached hydrogens (primary N) is 1. The van der Waals surface area contributed by atoms with Crippen molar-refractivity contribution in [3.05, 3.63) is 65.2 Å². The number of hydrogen-bond donors (Lipinski definition) is 1. The van der Waals surface area contributed by atoms with Gasteiger partial charge in [-0.25, -0.2) is 8.78 Å². The molecule has 1 heterocycles. The van der Waals surface area contributed by atoms with Gasteiger partial charge >= 0.3 is 7.12 Å². The maximum atomic E-state index is 14.6. The molecule has 0 bridgehead atoms. The van der Waals surface area contributed by atoms with Gasteiger partial charge in [-0.1, -0.05) is 42.1 Å². The first-order valence-electron chi connectivity index (χ1n) is 9.47. The molecule has 0 amide bonds. The lowest BCUT2D eigenvalue weighted by atomic mass is 9.77. The fraction of sp³-hybridized carbons (Fsp3) is 0.333. The summed E-state index contributed by atoms with van der Waals surface area (Å²) < 4.78 is 40.8. The maximum Gasteiger partial charge on any atom is 0.500 e. The molecule has 5 nitrogen and oxygen atoms in total.